The Morgan fingerprint density at radius 3 is 2.68 bits per heavy atom. The molecule has 8 nitrogen and oxygen atoms in total. The van der Waals surface area contributed by atoms with Crippen molar-refractivity contribution in [3.63, 3.8) is 0 Å². The molecule has 3 heterocycles. The van der Waals surface area contributed by atoms with Crippen LogP contribution in [0.3, 0.4) is 0 Å². The highest BCUT2D eigenvalue weighted by molar-refractivity contribution is 5.90. The maximum Gasteiger partial charge on any atom is 0.414 e. The van der Waals surface area contributed by atoms with E-state index in [0.717, 1.165) is 0 Å². The van der Waals surface area contributed by atoms with Gasteiger partial charge in [0.15, 0.2) is 0 Å². The van der Waals surface area contributed by atoms with Crippen LogP contribution in [0.5, 0.6) is 0 Å². The highest BCUT2D eigenvalue weighted by atomic mass is 19.1. The fourth-order valence-corrected chi connectivity index (χ4v) is 5.42. The SMILES string of the molecule is [C-]#[N+]C1(c2ccc(-c3ccc(N4C[C@H](Cn5ccnn5)OC4=O)cc3F)cc2F)[C@@H]2CNC[C@@H]21. The Morgan fingerprint density at radius 2 is 2.00 bits per heavy atom. The highest BCUT2D eigenvalue weighted by Crippen LogP contribution is 2.63. The Bertz CT molecular complexity index is 1310. The molecule has 3 fully saturated rings. The van der Waals surface area contributed by atoms with Crippen molar-refractivity contribution in [2.45, 2.75) is 18.2 Å². The zero-order valence-electron chi connectivity index (χ0n) is 18.0. The summed E-state index contributed by atoms with van der Waals surface area (Å²) in [6.07, 6.45) is 2.20. The minimum absolute atomic E-state index is 0.120. The zero-order chi connectivity index (χ0) is 23.4. The van der Waals surface area contributed by atoms with E-state index < -0.39 is 29.4 Å². The van der Waals surface area contributed by atoms with E-state index >= 15 is 8.78 Å². The van der Waals surface area contributed by atoms with Crippen LogP contribution in [-0.2, 0) is 16.8 Å². The first-order valence-electron chi connectivity index (χ1n) is 11.0. The Balaban J connectivity index is 1.23. The van der Waals surface area contributed by atoms with Gasteiger partial charge in [-0.2, -0.15) is 0 Å². The molecular formula is C24H20F2N6O2. The molecule has 4 atom stereocenters. The first-order chi connectivity index (χ1) is 16.5. The highest BCUT2D eigenvalue weighted by Gasteiger charge is 2.76. The topological polar surface area (TPSA) is 76.6 Å². The number of ether oxygens (including phenoxy) is 1. The predicted molar refractivity (Wildman–Crippen MR) is 118 cm³/mol. The molecule has 0 spiro atoms. The maximum absolute atomic E-state index is 15.1. The first kappa shape index (κ1) is 20.7. The molecule has 1 amide bonds. The number of carbonyl (C=O) groups is 1. The fourth-order valence-electron chi connectivity index (χ4n) is 5.42. The van der Waals surface area contributed by atoms with E-state index in [9.17, 15) is 4.79 Å². The van der Waals surface area contributed by atoms with Crippen molar-refractivity contribution < 1.29 is 18.3 Å². The molecule has 1 N–H and O–H groups in total. The van der Waals surface area contributed by atoms with Crippen molar-refractivity contribution >= 4 is 11.8 Å². The third-order valence-corrected chi connectivity index (χ3v) is 7.13. The van der Waals surface area contributed by atoms with Gasteiger partial charge in [0, 0.05) is 24.8 Å². The van der Waals surface area contributed by atoms with Crippen molar-refractivity contribution in [2.75, 3.05) is 24.5 Å². The molecule has 2 aromatic carbocycles. The normalized spacial score (nSPS) is 27.4. The molecule has 34 heavy (non-hydrogen) atoms. The quantitative estimate of drug-likeness (QED) is 0.590. The summed E-state index contributed by atoms with van der Waals surface area (Å²) in [6.45, 7) is 9.68. The summed E-state index contributed by atoms with van der Waals surface area (Å²) >= 11 is 0. The molecule has 0 bridgehead atoms. The van der Waals surface area contributed by atoms with Crippen molar-refractivity contribution in [3.05, 3.63) is 77.4 Å². The van der Waals surface area contributed by atoms with Gasteiger partial charge in [0.25, 0.3) is 5.54 Å². The fraction of sp³-hybridized carbons (Fsp3) is 0.333. The number of nitrogens with zero attached hydrogens (tertiary/aromatic N) is 5. The number of amides is 1. The smallest absolute Gasteiger partial charge is 0.414 e. The second-order valence-corrected chi connectivity index (χ2v) is 8.91. The van der Waals surface area contributed by atoms with Gasteiger partial charge in [-0.15, -0.1) is 5.10 Å². The molecule has 3 aromatic rings. The Morgan fingerprint density at radius 1 is 1.18 bits per heavy atom. The number of hydrogen-bond donors (Lipinski definition) is 1. The van der Waals surface area contributed by atoms with E-state index in [4.69, 9.17) is 11.3 Å². The van der Waals surface area contributed by atoms with Gasteiger partial charge in [-0.1, -0.05) is 11.3 Å². The van der Waals surface area contributed by atoms with Crippen LogP contribution in [0, 0.1) is 30.0 Å². The van der Waals surface area contributed by atoms with Crippen molar-refractivity contribution in [1.29, 1.82) is 0 Å². The summed E-state index contributed by atoms with van der Waals surface area (Å²) in [6, 6.07) is 8.94. The van der Waals surface area contributed by atoms with E-state index in [1.54, 1.807) is 29.1 Å². The molecule has 0 radical (unpaired) electrons. The molecule has 2 aliphatic heterocycles. The van der Waals surface area contributed by atoms with Gasteiger partial charge in [0.2, 0.25) is 0 Å². The van der Waals surface area contributed by atoms with Crippen LogP contribution < -0.4 is 10.2 Å². The van der Waals surface area contributed by atoms with Gasteiger partial charge in [0.1, 0.15) is 17.7 Å². The van der Waals surface area contributed by atoms with Gasteiger partial charge < -0.3 is 14.9 Å². The minimum Gasteiger partial charge on any atom is -0.442 e. The van der Waals surface area contributed by atoms with Gasteiger partial charge >= 0.3 is 6.09 Å². The molecule has 1 aliphatic carbocycles. The van der Waals surface area contributed by atoms with Crippen molar-refractivity contribution in [3.8, 4) is 11.1 Å². The third-order valence-electron chi connectivity index (χ3n) is 7.13. The predicted octanol–water partition coefficient (Wildman–Crippen LogP) is 3.21. The largest absolute Gasteiger partial charge is 0.442 e. The van der Waals surface area contributed by atoms with E-state index in [0.29, 0.717) is 36.4 Å². The van der Waals surface area contributed by atoms with Crippen molar-refractivity contribution in [1.82, 2.24) is 20.3 Å². The molecule has 10 heteroatoms. The van der Waals surface area contributed by atoms with E-state index in [1.807, 2.05) is 0 Å². The lowest BCUT2D eigenvalue weighted by Crippen LogP contribution is -2.26. The van der Waals surface area contributed by atoms with Crippen LogP contribution in [0.1, 0.15) is 5.56 Å². The second kappa shape index (κ2) is 7.60. The van der Waals surface area contributed by atoms with Crippen LogP contribution in [0.25, 0.3) is 16.0 Å². The monoisotopic (exact) mass is 462 g/mol. The first-order valence-corrected chi connectivity index (χ1v) is 11.0. The summed E-state index contributed by atoms with van der Waals surface area (Å²) < 4.78 is 37.1. The Hall–Kier alpha value is -3.84. The zero-order valence-corrected chi connectivity index (χ0v) is 18.0. The second-order valence-electron chi connectivity index (χ2n) is 8.91. The number of fused-ring (bicyclic) bond motifs is 1. The Labute approximate surface area is 193 Å². The minimum atomic E-state index is -0.810. The number of carbonyl (C=O) groups excluding carboxylic acids is 1. The summed E-state index contributed by atoms with van der Waals surface area (Å²) in [5.74, 6) is -0.833. The number of anilines is 1. The number of cyclic esters (lactones) is 1. The van der Waals surface area contributed by atoms with Gasteiger partial charge in [-0.05, 0) is 35.9 Å². The third kappa shape index (κ3) is 3.08. The van der Waals surface area contributed by atoms with Gasteiger partial charge in [-0.3, -0.25) is 4.90 Å². The van der Waals surface area contributed by atoms with Gasteiger partial charge in [-0.25, -0.2) is 24.8 Å². The van der Waals surface area contributed by atoms with Crippen LogP contribution in [-0.4, -0.2) is 46.8 Å². The van der Waals surface area contributed by atoms with E-state index in [-0.39, 0.29) is 23.9 Å². The van der Waals surface area contributed by atoms with E-state index in [1.165, 1.54) is 29.3 Å². The van der Waals surface area contributed by atoms with Crippen LogP contribution in [0.4, 0.5) is 19.3 Å². The molecule has 1 unspecified atom stereocenters. The average Bonchev–Trinajstić information content (AvgIpc) is 3.35. The number of aromatic nitrogens is 3. The lowest BCUT2D eigenvalue weighted by molar-refractivity contribution is 0.129. The maximum atomic E-state index is 15.1. The average molecular weight is 462 g/mol. The standard InChI is InChI=1S/C24H20F2N6O2/c1-27-24(19-10-28-11-20(19)24)18-5-2-14(8-22(18)26)17-4-3-15(9-21(17)25)32-13-16(34-23(32)33)12-31-7-6-29-30-31/h2-9,16,19-20,28H,10-13H2/t16-,19-,20+,24?/m0/s1. The van der Waals surface area contributed by atoms with Crippen molar-refractivity contribution in [2.24, 2.45) is 11.8 Å². The number of nitrogens with one attached hydrogen (secondary N) is 1. The Kier molecular flexibility index (Phi) is 4.64. The summed E-state index contributed by atoms with van der Waals surface area (Å²) in [5, 5.41) is 10.8. The number of hydrogen-bond acceptors (Lipinski definition) is 5. The van der Waals surface area contributed by atoms with Crippen LogP contribution >= 0.6 is 0 Å². The molecular weight excluding hydrogens is 442 g/mol. The lowest BCUT2D eigenvalue weighted by atomic mass is 9.95. The summed E-state index contributed by atoms with van der Waals surface area (Å²) in [5.41, 5.74) is 0.528. The molecule has 172 valence electrons. The number of halogens is 2. The molecule has 3 aliphatic rings. The van der Waals surface area contributed by atoms with Gasteiger partial charge in [0.05, 0.1) is 42.4 Å². The number of rotatable bonds is 5. The molecule has 1 aromatic heterocycles. The van der Waals surface area contributed by atoms with Crippen LogP contribution in [0.15, 0.2) is 48.8 Å². The molecule has 1 saturated carbocycles. The summed E-state index contributed by atoms with van der Waals surface area (Å²) in [7, 11) is 0. The molecule has 6 rings (SSSR count). The van der Waals surface area contributed by atoms with Crippen LogP contribution in [0.2, 0.25) is 0 Å². The number of piperidine rings is 1. The summed E-state index contributed by atoms with van der Waals surface area (Å²) in [4.78, 5) is 17.5. The number of benzene rings is 2. The van der Waals surface area contributed by atoms with E-state index in [2.05, 4.69) is 20.5 Å². The molecule has 2 saturated heterocycles. The lowest BCUT2D eigenvalue weighted by Gasteiger charge is -2.15.